The highest BCUT2D eigenvalue weighted by molar-refractivity contribution is 5.88. The Kier molecular flexibility index (Phi) is 7.57. The van der Waals surface area contributed by atoms with E-state index in [4.69, 9.17) is 23.4 Å². The predicted octanol–water partition coefficient (Wildman–Crippen LogP) is 6.31. The molecular formula is C31H26O7. The van der Waals surface area contributed by atoms with Gasteiger partial charge in [0, 0.05) is 24.8 Å². The molecule has 0 spiro atoms. The van der Waals surface area contributed by atoms with E-state index >= 15 is 0 Å². The fourth-order valence-electron chi connectivity index (χ4n) is 3.96. The second kappa shape index (κ2) is 11.5. The van der Waals surface area contributed by atoms with Gasteiger partial charge in [-0.05, 0) is 35.4 Å². The summed E-state index contributed by atoms with van der Waals surface area (Å²) in [5, 5.41) is 10.8. The second-order valence-electron chi connectivity index (χ2n) is 8.53. The first-order valence-corrected chi connectivity index (χ1v) is 12.0. The minimum Gasteiger partial charge on any atom is -0.507 e. The van der Waals surface area contributed by atoms with Gasteiger partial charge in [-0.1, -0.05) is 60.7 Å². The van der Waals surface area contributed by atoms with Crippen LogP contribution in [0.3, 0.4) is 0 Å². The van der Waals surface area contributed by atoms with Crippen molar-refractivity contribution in [1.29, 1.82) is 0 Å². The molecule has 4 aromatic carbocycles. The van der Waals surface area contributed by atoms with Crippen molar-refractivity contribution >= 4 is 11.0 Å². The third-order valence-corrected chi connectivity index (χ3v) is 5.84. The number of aromatic hydroxyl groups is 1. The van der Waals surface area contributed by atoms with E-state index in [0.29, 0.717) is 23.7 Å². The molecule has 0 amide bonds. The smallest absolute Gasteiger partial charge is 0.239 e. The van der Waals surface area contributed by atoms with E-state index in [0.717, 1.165) is 11.1 Å². The Balaban J connectivity index is 1.55. The number of phenols is 1. The van der Waals surface area contributed by atoms with Gasteiger partial charge in [-0.25, -0.2) is 0 Å². The van der Waals surface area contributed by atoms with Crippen LogP contribution >= 0.6 is 0 Å². The normalized spacial score (nSPS) is 10.9. The lowest BCUT2D eigenvalue weighted by Gasteiger charge is -2.14. The molecule has 5 rings (SSSR count). The van der Waals surface area contributed by atoms with Gasteiger partial charge in [-0.2, -0.15) is 0 Å². The van der Waals surface area contributed by atoms with Gasteiger partial charge >= 0.3 is 0 Å². The molecular weight excluding hydrogens is 484 g/mol. The zero-order valence-corrected chi connectivity index (χ0v) is 20.8. The molecule has 0 atom stereocenters. The van der Waals surface area contributed by atoms with Gasteiger partial charge in [0.15, 0.2) is 12.6 Å². The maximum Gasteiger partial charge on any atom is 0.239 e. The van der Waals surface area contributed by atoms with Crippen molar-refractivity contribution in [2.45, 2.75) is 13.2 Å². The monoisotopic (exact) mass is 510 g/mol. The summed E-state index contributed by atoms with van der Waals surface area (Å²) in [6.45, 7) is 0.559. The zero-order valence-electron chi connectivity index (χ0n) is 20.8. The van der Waals surface area contributed by atoms with Crippen molar-refractivity contribution in [3.63, 3.8) is 0 Å². The van der Waals surface area contributed by atoms with Crippen LogP contribution in [0, 0.1) is 0 Å². The van der Waals surface area contributed by atoms with Crippen molar-refractivity contribution in [2.75, 3.05) is 13.9 Å². The molecule has 5 aromatic rings. The van der Waals surface area contributed by atoms with Gasteiger partial charge in [-0.15, -0.1) is 0 Å². The molecule has 38 heavy (non-hydrogen) atoms. The van der Waals surface area contributed by atoms with Crippen molar-refractivity contribution in [2.24, 2.45) is 0 Å². The van der Waals surface area contributed by atoms with Gasteiger partial charge in [0.1, 0.15) is 41.4 Å². The molecule has 1 heterocycles. The molecule has 0 aliphatic heterocycles. The van der Waals surface area contributed by atoms with Crippen molar-refractivity contribution in [3.8, 4) is 34.3 Å². The van der Waals surface area contributed by atoms with Crippen molar-refractivity contribution in [3.05, 3.63) is 118 Å². The summed E-state index contributed by atoms with van der Waals surface area (Å²) < 4.78 is 28.5. The molecule has 1 N–H and O–H groups in total. The number of phenolic OH excluding ortho intramolecular Hbond substituents is 1. The molecule has 7 heteroatoms. The van der Waals surface area contributed by atoms with E-state index in [9.17, 15) is 9.90 Å². The highest BCUT2D eigenvalue weighted by Gasteiger charge is 2.21. The van der Waals surface area contributed by atoms with Crippen LogP contribution in [-0.2, 0) is 18.0 Å². The Labute approximate surface area is 219 Å². The number of fused-ring (bicyclic) bond motifs is 1. The summed E-state index contributed by atoms with van der Waals surface area (Å²) in [6.07, 6.45) is 0. The third-order valence-electron chi connectivity index (χ3n) is 5.84. The summed E-state index contributed by atoms with van der Waals surface area (Å²) in [6, 6.07) is 29.2. The first-order chi connectivity index (χ1) is 18.6. The van der Waals surface area contributed by atoms with Crippen LogP contribution in [0.2, 0.25) is 0 Å². The van der Waals surface area contributed by atoms with Crippen LogP contribution in [0.4, 0.5) is 0 Å². The maximum atomic E-state index is 13.6. The van der Waals surface area contributed by atoms with Crippen LogP contribution in [0.1, 0.15) is 11.1 Å². The molecule has 0 aliphatic rings. The standard InChI is InChI=1S/C31H26O7/c1-34-20-37-24-14-12-23(13-15-24)30-31(36-19-22-10-6-3-7-11-22)29(33)28-26(32)16-25(17-27(28)38-30)35-18-21-8-4-2-5-9-21/h2-17,32H,18-20H2,1H3. The SMILES string of the molecule is COCOc1ccc(-c2oc3cc(OCc4ccccc4)cc(O)c3c(=O)c2OCc2ccccc2)cc1. The van der Waals surface area contributed by atoms with Crippen LogP contribution in [-0.4, -0.2) is 19.0 Å². The minimum atomic E-state index is -0.482. The Morgan fingerprint density at radius 1 is 0.737 bits per heavy atom. The first-order valence-electron chi connectivity index (χ1n) is 12.0. The Morgan fingerprint density at radius 3 is 2.00 bits per heavy atom. The lowest BCUT2D eigenvalue weighted by molar-refractivity contribution is 0.0511. The summed E-state index contributed by atoms with van der Waals surface area (Å²) in [4.78, 5) is 13.6. The Morgan fingerprint density at radius 2 is 1.37 bits per heavy atom. The molecule has 0 bridgehead atoms. The maximum absolute atomic E-state index is 13.6. The van der Waals surface area contributed by atoms with Gasteiger partial charge in [0.2, 0.25) is 11.2 Å². The number of hydrogen-bond donors (Lipinski definition) is 1. The zero-order chi connectivity index (χ0) is 26.3. The van der Waals surface area contributed by atoms with E-state index < -0.39 is 5.43 Å². The quantitative estimate of drug-likeness (QED) is 0.220. The number of rotatable bonds is 10. The predicted molar refractivity (Wildman–Crippen MR) is 144 cm³/mol. The van der Waals surface area contributed by atoms with Crippen LogP contribution in [0.15, 0.2) is 106 Å². The number of benzene rings is 4. The summed E-state index contributed by atoms with van der Waals surface area (Å²) in [5.74, 6) is 0.948. The summed E-state index contributed by atoms with van der Waals surface area (Å²) in [7, 11) is 1.54. The van der Waals surface area contributed by atoms with Crippen LogP contribution in [0.25, 0.3) is 22.3 Å². The van der Waals surface area contributed by atoms with E-state index in [2.05, 4.69) is 0 Å². The van der Waals surface area contributed by atoms with Gasteiger partial charge in [-0.3, -0.25) is 4.79 Å². The average molecular weight is 511 g/mol. The topological polar surface area (TPSA) is 87.4 Å². The highest BCUT2D eigenvalue weighted by Crippen LogP contribution is 2.37. The van der Waals surface area contributed by atoms with Gasteiger partial charge in [0.25, 0.3) is 0 Å². The molecule has 0 saturated heterocycles. The van der Waals surface area contributed by atoms with Crippen molar-refractivity contribution < 1.29 is 28.5 Å². The molecule has 7 nitrogen and oxygen atoms in total. The van der Waals surface area contributed by atoms with E-state index in [1.165, 1.54) is 6.07 Å². The molecule has 0 unspecified atom stereocenters. The first kappa shape index (κ1) is 24.9. The number of ether oxygens (including phenoxy) is 4. The lowest BCUT2D eigenvalue weighted by Crippen LogP contribution is -2.10. The van der Waals surface area contributed by atoms with Crippen LogP contribution < -0.4 is 19.6 Å². The number of methoxy groups -OCH3 is 1. The van der Waals surface area contributed by atoms with Gasteiger partial charge < -0.3 is 28.5 Å². The molecule has 0 fully saturated rings. The molecule has 192 valence electrons. The third kappa shape index (κ3) is 5.63. The largest absolute Gasteiger partial charge is 0.507 e. The Bertz CT molecular complexity index is 1560. The van der Waals surface area contributed by atoms with Gasteiger partial charge in [0.05, 0.1) is 0 Å². The van der Waals surface area contributed by atoms with E-state index in [1.54, 1.807) is 37.4 Å². The molecule has 0 saturated carbocycles. The minimum absolute atomic E-state index is 0.000155. The molecule has 0 aliphatic carbocycles. The highest BCUT2D eigenvalue weighted by atomic mass is 16.7. The summed E-state index contributed by atoms with van der Waals surface area (Å²) >= 11 is 0. The summed E-state index contributed by atoms with van der Waals surface area (Å²) in [5.41, 5.74) is 2.15. The van der Waals surface area contributed by atoms with Crippen LogP contribution in [0.5, 0.6) is 23.0 Å². The fraction of sp³-hybridized carbons (Fsp3) is 0.129. The molecule has 0 radical (unpaired) electrons. The van der Waals surface area contributed by atoms with E-state index in [1.807, 2.05) is 60.7 Å². The lowest BCUT2D eigenvalue weighted by atomic mass is 10.1. The van der Waals surface area contributed by atoms with Crippen molar-refractivity contribution in [1.82, 2.24) is 0 Å². The average Bonchev–Trinajstić information content (AvgIpc) is 2.95. The fourth-order valence-corrected chi connectivity index (χ4v) is 3.96. The second-order valence-corrected chi connectivity index (χ2v) is 8.53. The van der Waals surface area contributed by atoms with E-state index in [-0.39, 0.29) is 41.6 Å². The molecule has 1 aromatic heterocycles. The Hall–Kier alpha value is -4.75. The number of hydrogen-bond acceptors (Lipinski definition) is 7.